The average Bonchev–Trinajstić information content (AvgIpc) is 2.27. The van der Waals surface area contributed by atoms with E-state index in [1.54, 1.807) is 0 Å². The molecule has 19 heavy (non-hydrogen) atoms. The first-order valence-electron chi connectivity index (χ1n) is 5.91. The highest BCUT2D eigenvalue weighted by Crippen LogP contribution is 2.29. The Bertz CT molecular complexity index is 587. The number of rotatable bonds is 2. The maximum Gasteiger partial charge on any atom is 0.244 e. The number of hydrogen-bond acceptors (Lipinski definition) is 4. The molecule has 0 spiro atoms. The number of hydrogen-bond donors (Lipinski definition) is 1. The standard InChI is InChI=1S/C12H17ClN2O3S/c1-12(2)8-15(5-6-18-12)19(16,17)11-4-3-9(14)7-10(11)13/h3-4,7H,5-6,8,14H2,1-2H3. The predicted octanol–water partition coefficient (Wildman–Crippen LogP) is 1.72. The normalized spacial score (nSPS) is 20.4. The molecule has 0 aliphatic carbocycles. The minimum absolute atomic E-state index is 0.0843. The van der Waals surface area contributed by atoms with Crippen LogP contribution in [0.5, 0.6) is 0 Å². The van der Waals surface area contributed by atoms with Crippen LogP contribution in [0.3, 0.4) is 0 Å². The topological polar surface area (TPSA) is 72.6 Å². The fourth-order valence-corrected chi connectivity index (χ4v) is 4.14. The molecule has 0 bridgehead atoms. The number of nitrogens with two attached hydrogens (primary N) is 1. The van der Waals surface area contributed by atoms with Gasteiger partial charge in [0.25, 0.3) is 0 Å². The Morgan fingerprint density at radius 3 is 2.68 bits per heavy atom. The van der Waals surface area contributed by atoms with E-state index >= 15 is 0 Å². The number of nitrogens with zero attached hydrogens (tertiary/aromatic N) is 1. The first kappa shape index (κ1) is 14.6. The zero-order chi connectivity index (χ0) is 14.3. The lowest BCUT2D eigenvalue weighted by atomic mass is 10.1. The van der Waals surface area contributed by atoms with Crippen molar-refractivity contribution in [1.82, 2.24) is 4.31 Å². The van der Waals surface area contributed by atoms with E-state index in [1.807, 2.05) is 13.8 Å². The summed E-state index contributed by atoms with van der Waals surface area (Å²) in [6.45, 7) is 4.72. The lowest BCUT2D eigenvalue weighted by molar-refractivity contribution is -0.0640. The average molecular weight is 305 g/mol. The van der Waals surface area contributed by atoms with Gasteiger partial charge in [0, 0.05) is 18.8 Å². The third kappa shape index (κ3) is 3.02. The van der Waals surface area contributed by atoms with Crippen molar-refractivity contribution in [3.05, 3.63) is 23.2 Å². The molecule has 1 aliphatic heterocycles. The summed E-state index contributed by atoms with van der Waals surface area (Å²) >= 11 is 5.99. The van der Waals surface area contributed by atoms with E-state index in [2.05, 4.69) is 0 Å². The molecular formula is C12H17ClN2O3S. The highest BCUT2D eigenvalue weighted by molar-refractivity contribution is 7.89. The fraction of sp³-hybridized carbons (Fsp3) is 0.500. The third-order valence-corrected chi connectivity index (χ3v) is 5.29. The molecule has 106 valence electrons. The van der Waals surface area contributed by atoms with E-state index < -0.39 is 15.6 Å². The van der Waals surface area contributed by atoms with Gasteiger partial charge >= 0.3 is 0 Å². The molecule has 2 rings (SSSR count). The summed E-state index contributed by atoms with van der Waals surface area (Å²) < 4.78 is 32.0. The highest BCUT2D eigenvalue weighted by Gasteiger charge is 2.35. The van der Waals surface area contributed by atoms with Crippen LogP contribution in [0.1, 0.15) is 13.8 Å². The molecule has 1 fully saturated rings. The first-order chi connectivity index (χ1) is 8.72. The van der Waals surface area contributed by atoms with Gasteiger partial charge in [0.1, 0.15) is 4.90 Å². The molecule has 1 aliphatic rings. The smallest absolute Gasteiger partial charge is 0.244 e. The number of ether oxygens (including phenoxy) is 1. The Morgan fingerprint density at radius 1 is 1.42 bits per heavy atom. The first-order valence-corrected chi connectivity index (χ1v) is 7.73. The Kier molecular flexibility index (Phi) is 3.79. The molecule has 1 saturated heterocycles. The van der Waals surface area contributed by atoms with Gasteiger partial charge in [-0.3, -0.25) is 0 Å². The number of sulfonamides is 1. The Morgan fingerprint density at radius 2 is 2.11 bits per heavy atom. The van der Waals surface area contributed by atoms with Crippen molar-refractivity contribution < 1.29 is 13.2 Å². The van der Waals surface area contributed by atoms with Gasteiger partial charge in [-0.2, -0.15) is 4.31 Å². The van der Waals surface area contributed by atoms with Crippen molar-refractivity contribution in [1.29, 1.82) is 0 Å². The fourth-order valence-electron chi connectivity index (χ4n) is 2.04. The molecule has 2 N–H and O–H groups in total. The summed E-state index contributed by atoms with van der Waals surface area (Å²) in [7, 11) is -3.61. The Hall–Kier alpha value is -0.820. The number of anilines is 1. The maximum atomic E-state index is 12.6. The van der Waals surface area contributed by atoms with Gasteiger partial charge in [-0.1, -0.05) is 11.6 Å². The van der Waals surface area contributed by atoms with Gasteiger partial charge in [-0.15, -0.1) is 0 Å². The zero-order valence-corrected chi connectivity index (χ0v) is 12.5. The molecule has 5 nitrogen and oxygen atoms in total. The van der Waals surface area contributed by atoms with E-state index in [0.29, 0.717) is 25.4 Å². The predicted molar refractivity (Wildman–Crippen MR) is 74.7 cm³/mol. The van der Waals surface area contributed by atoms with Crippen LogP contribution in [-0.4, -0.2) is 38.0 Å². The summed E-state index contributed by atoms with van der Waals surface area (Å²) in [6.07, 6.45) is 0. The van der Waals surface area contributed by atoms with Crippen LogP contribution >= 0.6 is 11.6 Å². The van der Waals surface area contributed by atoms with E-state index in [1.165, 1.54) is 22.5 Å². The second-order valence-electron chi connectivity index (χ2n) is 5.14. The molecule has 0 aromatic heterocycles. The second-order valence-corrected chi connectivity index (χ2v) is 7.45. The molecule has 0 atom stereocenters. The molecule has 1 heterocycles. The molecule has 1 aromatic rings. The van der Waals surface area contributed by atoms with Crippen LogP contribution in [0.4, 0.5) is 5.69 Å². The maximum absolute atomic E-state index is 12.6. The summed E-state index contributed by atoms with van der Waals surface area (Å²) in [5.74, 6) is 0. The number of halogens is 1. The molecule has 0 radical (unpaired) electrons. The number of nitrogen functional groups attached to an aromatic ring is 1. The van der Waals surface area contributed by atoms with Crippen molar-refractivity contribution in [2.75, 3.05) is 25.4 Å². The summed E-state index contributed by atoms with van der Waals surface area (Å²) in [4.78, 5) is 0.0843. The van der Waals surface area contributed by atoms with Crippen LogP contribution in [0.25, 0.3) is 0 Å². The Balaban J connectivity index is 2.37. The van der Waals surface area contributed by atoms with Crippen molar-refractivity contribution >= 4 is 27.3 Å². The molecular weight excluding hydrogens is 288 g/mol. The summed E-state index contributed by atoms with van der Waals surface area (Å²) in [5.41, 5.74) is 5.52. The van der Waals surface area contributed by atoms with Gasteiger partial charge in [0.15, 0.2) is 0 Å². The van der Waals surface area contributed by atoms with Crippen molar-refractivity contribution in [3.63, 3.8) is 0 Å². The monoisotopic (exact) mass is 304 g/mol. The van der Waals surface area contributed by atoms with Crippen LogP contribution < -0.4 is 5.73 Å². The lowest BCUT2D eigenvalue weighted by Crippen LogP contribution is -2.50. The highest BCUT2D eigenvalue weighted by atomic mass is 35.5. The Labute approximate surface area is 118 Å². The molecule has 1 aromatic carbocycles. The van der Waals surface area contributed by atoms with Crippen LogP contribution in [0, 0.1) is 0 Å². The van der Waals surface area contributed by atoms with E-state index in [0.717, 1.165) is 0 Å². The van der Waals surface area contributed by atoms with E-state index in [-0.39, 0.29) is 9.92 Å². The molecule has 0 unspecified atom stereocenters. The quantitative estimate of drug-likeness (QED) is 0.844. The van der Waals surface area contributed by atoms with Gasteiger partial charge in [-0.25, -0.2) is 8.42 Å². The van der Waals surface area contributed by atoms with Gasteiger partial charge in [0.05, 0.1) is 17.2 Å². The summed E-state index contributed by atoms with van der Waals surface area (Å²) in [6, 6.07) is 4.42. The van der Waals surface area contributed by atoms with Gasteiger partial charge < -0.3 is 10.5 Å². The molecule has 0 amide bonds. The third-order valence-electron chi connectivity index (χ3n) is 2.96. The number of morpholine rings is 1. The van der Waals surface area contributed by atoms with Crippen molar-refractivity contribution in [3.8, 4) is 0 Å². The molecule has 7 heteroatoms. The largest absolute Gasteiger partial charge is 0.399 e. The molecule has 0 saturated carbocycles. The minimum Gasteiger partial charge on any atom is -0.399 e. The van der Waals surface area contributed by atoms with Crippen molar-refractivity contribution in [2.45, 2.75) is 24.3 Å². The van der Waals surface area contributed by atoms with E-state index in [4.69, 9.17) is 22.1 Å². The minimum atomic E-state index is -3.61. The SMILES string of the molecule is CC1(C)CN(S(=O)(=O)c2ccc(N)cc2Cl)CCO1. The zero-order valence-electron chi connectivity index (χ0n) is 10.9. The summed E-state index contributed by atoms with van der Waals surface area (Å²) in [5, 5.41) is 0.143. The van der Waals surface area contributed by atoms with Crippen LogP contribution in [0.15, 0.2) is 23.1 Å². The van der Waals surface area contributed by atoms with Gasteiger partial charge in [0.2, 0.25) is 10.0 Å². The van der Waals surface area contributed by atoms with Crippen LogP contribution in [-0.2, 0) is 14.8 Å². The van der Waals surface area contributed by atoms with Crippen LogP contribution in [0.2, 0.25) is 5.02 Å². The second kappa shape index (κ2) is 4.94. The lowest BCUT2D eigenvalue weighted by Gasteiger charge is -2.37. The number of benzene rings is 1. The van der Waals surface area contributed by atoms with Gasteiger partial charge in [-0.05, 0) is 32.0 Å². The van der Waals surface area contributed by atoms with E-state index in [9.17, 15) is 8.42 Å². The van der Waals surface area contributed by atoms with Crippen molar-refractivity contribution in [2.24, 2.45) is 0 Å².